The van der Waals surface area contributed by atoms with Gasteiger partial charge in [0.25, 0.3) is 0 Å². The summed E-state index contributed by atoms with van der Waals surface area (Å²) in [6, 6.07) is 0. The molecule has 1 aliphatic carbocycles. The second-order valence-corrected chi connectivity index (χ2v) is 13.6. The van der Waals surface area contributed by atoms with Gasteiger partial charge in [0.2, 0.25) is 0 Å². The van der Waals surface area contributed by atoms with Gasteiger partial charge in [0.05, 0.1) is 24.4 Å². The van der Waals surface area contributed by atoms with Crippen LogP contribution in [0.4, 0.5) is 0 Å². The van der Waals surface area contributed by atoms with Crippen molar-refractivity contribution in [1.29, 1.82) is 0 Å². The zero-order chi connectivity index (χ0) is 16.9. The molecule has 1 aliphatic rings. The first-order valence-electron chi connectivity index (χ1n) is 7.87. The van der Waals surface area contributed by atoms with Crippen molar-refractivity contribution in [3.8, 4) is 0 Å². The van der Waals surface area contributed by atoms with Gasteiger partial charge in [-0.1, -0.05) is 27.7 Å². The molecule has 21 heavy (non-hydrogen) atoms. The molecule has 0 aromatic rings. The van der Waals surface area contributed by atoms with Crippen molar-refractivity contribution < 1.29 is 19.7 Å². The van der Waals surface area contributed by atoms with Crippen molar-refractivity contribution in [2.45, 2.75) is 83.9 Å². The van der Waals surface area contributed by atoms with E-state index < -0.39 is 25.4 Å². The number of hydrogen-bond acceptors (Lipinski definition) is 4. The molecule has 4 atom stereocenters. The molecule has 0 heterocycles. The highest BCUT2D eigenvalue weighted by Crippen LogP contribution is 2.57. The maximum atomic E-state index is 10.4. The van der Waals surface area contributed by atoms with Gasteiger partial charge in [-0.25, -0.2) is 0 Å². The Balaban J connectivity index is 3.01. The third-order valence-electron chi connectivity index (χ3n) is 5.88. The van der Waals surface area contributed by atoms with Gasteiger partial charge in [0.1, 0.15) is 0 Å². The summed E-state index contributed by atoms with van der Waals surface area (Å²) in [7, 11) is -1.95. The van der Waals surface area contributed by atoms with Crippen LogP contribution in [0.2, 0.25) is 18.1 Å². The Morgan fingerprint density at radius 2 is 1.71 bits per heavy atom. The first kappa shape index (κ1) is 19.1. The van der Waals surface area contributed by atoms with Gasteiger partial charge in [-0.15, -0.1) is 0 Å². The normalized spacial score (nSPS) is 32.7. The fourth-order valence-electron chi connectivity index (χ4n) is 3.19. The van der Waals surface area contributed by atoms with Crippen molar-refractivity contribution >= 4 is 8.32 Å². The van der Waals surface area contributed by atoms with Crippen LogP contribution >= 0.6 is 0 Å². The molecular weight excluding hydrogens is 284 g/mol. The highest BCUT2D eigenvalue weighted by atomic mass is 28.4. The Hall–Kier alpha value is 0.0569. The summed E-state index contributed by atoms with van der Waals surface area (Å²) in [5, 5.41) is 30.2. The van der Waals surface area contributed by atoms with Crippen molar-refractivity contribution in [2.75, 3.05) is 6.61 Å². The largest absolute Gasteiger partial charge is 0.413 e. The third-order valence-corrected chi connectivity index (χ3v) is 10.4. The molecule has 3 N–H and O–H groups in total. The molecular formula is C16H34O4Si. The van der Waals surface area contributed by atoms with Crippen molar-refractivity contribution in [1.82, 2.24) is 0 Å². The van der Waals surface area contributed by atoms with Gasteiger partial charge in [-0.3, -0.25) is 0 Å². The van der Waals surface area contributed by atoms with Gasteiger partial charge >= 0.3 is 0 Å². The van der Waals surface area contributed by atoms with E-state index in [0.29, 0.717) is 0 Å². The van der Waals surface area contributed by atoms with E-state index in [9.17, 15) is 15.3 Å². The minimum atomic E-state index is -1.95. The number of rotatable bonds is 5. The second-order valence-electron chi connectivity index (χ2n) is 8.87. The molecule has 0 amide bonds. The van der Waals surface area contributed by atoms with E-state index in [2.05, 4.69) is 33.9 Å². The second kappa shape index (κ2) is 5.60. The molecule has 1 rings (SSSR count). The quantitative estimate of drug-likeness (QED) is 0.681. The van der Waals surface area contributed by atoms with E-state index in [1.165, 1.54) is 0 Å². The van der Waals surface area contributed by atoms with Gasteiger partial charge in [0, 0.05) is 5.41 Å². The molecule has 4 nitrogen and oxygen atoms in total. The molecule has 0 aromatic heterocycles. The molecule has 0 aromatic carbocycles. The number of hydrogen-bond donors (Lipinski definition) is 3. The van der Waals surface area contributed by atoms with E-state index in [1.807, 2.05) is 6.92 Å². The van der Waals surface area contributed by atoms with Gasteiger partial charge in [-0.05, 0) is 44.3 Å². The summed E-state index contributed by atoms with van der Waals surface area (Å²) in [5.74, 6) is -0.0816. The lowest BCUT2D eigenvalue weighted by Gasteiger charge is -2.61. The minimum absolute atomic E-state index is 0.0816. The lowest BCUT2D eigenvalue weighted by molar-refractivity contribution is -0.225. The Kier molecular flexibility index (Phi) is 5.10. The average Bonchev–Trinajstić information content (AvgIpc) is 2.28. The van der Waals surface area contributed by atoms with Crippen LogP contribution in [0.25, 0.3) is 0 Å². The summed E-state index contributed by atoms with van der Waals surface area (Å²) in [6.45, 7) is 16.1. The Morgan fingerprint density at radius 1 is 1.24 bits per heavy atom. The van der Waals surface area contributed by atoms with Gasteiger partial charge in [0.15, 0.2) is 8.32 Å². The smallest absolute Gasteiger partial charge is 0.192 e. The molecule has 1 saturated carbocycles. The highest BCUT2D eigenvalue weighted by molar-refractivity contribution is 6.74. The third kappa shape index (κ3) is 3.37. The first-order valence-corrected chi connectivity index (χ1v) is 10.8. The van der Waals surface area contributed by atoms with E-state index >= 15 is 0 Å². The molecule has 0 saturated heterocycles. The summed E-state index contributed by atoms with van der Waals surface area (Å²) in [6.07, 6.45) is -0.266. The summed E-state index contributed by atoms with van der Waals surface area (Å²) in [4.78, 5) is 0. The molecule has 5 heteroatoms. The predicted octanol–water partition coefficient (Wildman–Crippen LogP) is 2.53. The predicted molar refractivity (Wildman–Crippen MR) is 87.7 cm³/mol. The highest BCUT2D eigenvalue weighted by Gasteiger charge is 2.62. The molecule has 126 valence electrons. The zero-order valence-corrected chi connectivity index (χ0v) is 15.9. The van der Waals surface area contributed by atoms with Crippen LogP contribution in [-0.2, 0) is 4.43 Å². The van der Waals surface area contributed by atoms with Crippen LogP contribution < -0.4 is 0 Å². The fourth-order valence-corrected chi connectivity index (χ4v) is 4.60. The maximum absolute atomic E-state index is 10.4. The lowest BCUT2D eigenvalue weighted by Crippen LogP contribution is -2.67. The maximum Gasteiger partial charge on any atom is 0.192 e. The molecule has 1 fully saturated rings. The summed E-state index contributed by atoms with van der Waals surface area (Å²) < 4.78 is 6.46. The van der Waals surface area contributed by atoms with Crippen LogP contribution in [0.3, 0.4) is 0 Å². The SMILES string of the molecule is CC(C)(O)[C@H]1C[C@H](O[Si](C)(C)C(C)(C)C)[C@@]1(C)[C@H](O)CO. The standard InChI is InChI=1S/C16H34O4Si/c1-14(2,3)21(7,8)20-13-9-11(15(4,5)19)16(13,6)12(18)10-17/h11-13,17-19H,9-10H2,1-8H3/t11-,12-,13+,16-/m1/s1. The number of aliphatic hydroxyl groups excluding tert-OH is 2. The lowest BCUT2D eigenvalue weighted by atomic mass is 9.51. The van der Waals surface area contributed by atoms with Crippen LogP contribution in [-0.4, -0.2) is 48.1 Å². The number of aliphatic hydroxyl groups is 3. The molecule has 0 unspecified atom stereocenters. The topological polar surface area (TPSA) is 69.9 Å². The van der Waals surface area contributed by atoms with Crippen LogP contribution in [0, 0.1) is 11.3 Å². The zero-order valence-electron chi connectivity index (χ0n) is 14.9. The fraction of sp³-hybridized carbons (Fsp3) is 1.00. The minimum Gasteiger partial charge on any atom is -0.413 e. The van der Waals surface area contributed by atoms with E-state index in [0.717, 1.165) is 6.42 Å². The monoisotopic (exact) mass is 318 g/mol. The van der Waals surface area contributed by atoms with Crippen LogP contribution in [0.15, 0.2) is 0 Å². The Labute approximate surface area is 130 Å². The van der Waals surface area contributed by atoms with E-state index in [4.69, 9.17) is 4.43 Å². The Bertz CT molecular complexity index is 369. The molecule has 0 spiro atoms. The van der Waals surface area contributed by atoms with Crippen LogP contribution in [0.5, 0.6) is 0 Å². The molecule has 0 bridgehead atoms. The first-order chi connectivity index (χ1) is 9.18. The van der Waals surface area contributed by atoms with Gasteiger partial charge < -0.3 is 19.7 Å². The van der Waals surface area contributed by atoms with Crippen LogP contribution in [0.1, 0.15) is 48.0 Å². The van der Waals surface area contributed by atoms with E-state index in [1.54, 1.807) is 13.8 Å². The summed E-state index contributed by atoms with van der Waals surface area (Å²) >= 11 is 0. The van der Waals surface area contributed by atoms with Crippen molar-refractivity contribution in [3.63, 3.8) is 0 Å². The Morgan fingerprint density at radius 3 is 2.05 bits per heavy atom. The van der Waals surface area contributed by atoms with Crippen molar-refractivity contribution in [3.05, 3.63) is 0 Å². The summed E-state index contributed by atoms with van der Waals surface area (Å²) in [5.41, 5.74) is -1.50. The van der Waals surface area contributed by atoms with E-state index in [-0.39, 0.29) is 23.7 Å². The molecule has 0 radical (unpaired) electrons. The van der Waals surface area contributed by atoms with Gasteiger partial charge in [-0.2, -0.15) is 0 Å². The average molecular weight is 319 g/mol. The van der Waals surface area contributed by atoms with Crippen molar-refractivity contribution in [2.24, 2.45) is 11.3 Å². The molecule has 0 aliphatic heterocycles.